The molecule has 1 aromatic carbocycles. The summed E-state index contributed by atoms with van der Waals surface area (Å²) in [7, 11) is 0. The first kappa shape index (κ1) is 7.84. The zero-order valence-corrected chi connectivity index (χ0v) is 8.58. The van der Waals surface area contributed by atoms with Crippen molar-refractivity contribution in [1.29, 1.82) is 0 Å². The van der Waals surface area contributed by atoms with E-state index in [9.17, 15) is 0 Å². The van der Waals surface area contributed by atoms with Crippen LogP contribution in [0.1, 0.15) is 0 Å². The Bertz CT molecular complexity index is 138. The first-order chi connectivity index (χ1) is 3.39. The molecule has 0 amide bonds. The van der Waals surface area contributed by atoms with Gasteiger partial charge >= 0.3 is 24.4 Å². The molecule has 0 heterocycles. The van der Waals surface area contributed by atoms with Crippen LogP contribution in [0.4, 0.5) is 0 Å². The fourth-order valence-electron chi connectivity index (χ4n) is 0.428. The zero-order valence-electron chi connectivity index (χ0n) is 4.54. The summed E-state index contributed by atoms with van der Waals surface area (Å²) >= 11 is 0. The normalized spacial score (nSPS) is 7.50. The summed E-state index contributed by atoms with van der Waals surface area (Å²) in [5.74, 6) is 0.322. The van der Waals surface area contributed by atoms with Gasteiger partial charge in [0.15, 0.2) is 0 Å². The monoisotopic (exact) mass is 218 g/mol. The Hall–Kier alpha value is -0.162. The molecular formula is C6H9OSb. The first-order valence-electron chi connectivity index (χ1n) is 2.13. The molecule has 0 bridgehead atoms. The van der Waals surface area contributed by atoms with E-state index in [2.05, 4.69) is 0 Å². The van der Waals surface area contributed by atoms with Crippen molar-refractivity contribution in [3.63, 3.8) is 0 Å². The van der Waals surface area contributed by atoms with E-state index < -0.39 is 0 Å². The second-order valence-corrected chi connectivity index (χ2v) is 1.34. The van der Waals surface area contributed by atoms with Gasteiger partial charge in [0.25, 0.3) is 0 Å². The minimum absolute atomic E-state index is 0. The van der Waals surface area contributed by atoms with Crippen LogP contribution in [0.25, 0.3) is 0 Å². The summed E-state index contributed by atoms with van der Waals surface area (Å²) in [4.78, 5) is 0. The molecule has 1 rings (SSSR count). The molecule has 8 heavy (non-hydrogen) atoms. The van der Waals surface area contributed by atoms with Crippen molar-refractivity contribution in [1.82, 2.24) is 0 Å². The predicted molar refractivity (Wildman–Crippen MR) is 38.0 cm³/mol. The fourth-order valence-corrected chi connectivity index (χ4v) is 0.428. The van der Waals surface area contributed by atoms with E-state index in [-0.39, 0.29) is 24.4 Å². The average Bonchev–Trinajstić information content (AvgIpc) is 1.69. The Morgan fingerprint density at radius 1 is 1.00 bits per heavy atom. The molecule has 0 aromatic heterocycles. The van der Waals surface area contributed by atoms with Crippen molar-refractivity contribution >= 4 is 24.4 Å². The van der Waals surface area contributed by atoms with Crippen molar-refractivity contribution < 1.29 is 5.11 Å². The number of rotatable bonds is 0. The van der Waals surface area contributed by atoms with Gasteiger partial charge in [0.1, 0.15) is 5.75 Å². The first-order valence-corrected chi connectivity index (χ1v) is 2.13. The number of aromatic hydroxyl groups is 1. The molecule has 0 spiro atoms. The Balaban J connectivity index is 0.000000490. The van der Waals surface area contributed by atoms with E-state index in [4.69, 9.17) is 5.11 Å². The van der Waals surface area contributed by atoms with E-state index in [1.807, 2.05) is 6.07 Å². The van der Waals surface area contributed by atoms with E-state index in [0.717, 1.165) is 0 Å². The van der Waals surface area contributed by atoms with Crippen LogP contribution in [0.15, 0.2) is 30.3 Å². The van der Waals surface area contributed by atoms with Crippen LogP contribution in [0.2, 0.25) is 0 Å². The predicted octanol–water partition coefficient (Wildman–Crippen LogP) is 0.208. The summed E-state index contributed by atoms with van der Waals surface area (Å²) in [6, 6.07) is 8.71. The third-order valence-electron chi connectivity index (χ3n) is 0.756. The topological polar surface area (TPSA) is 20.2 Å². The van der Waals surface area contributed by atoms with E-state index >= 15 is 0 Å². The molecule has 0 aliphatic heterocycles. The molecule has 0 aliphatic carbocycles. The van der Waals surface area contributed by atoms with Gasteiger partial charge in [-0.2, -0.15) is 0 Å². The second kappa shape index (κ2) is 3.79. The standard InChI is InChI=1S/C6H6O.Sb.3H/c7-6-4-2-1-3-5-6;;;;/h1-5,7H;;;;. The molecule has 1 aromatic rings. The quantitative estimate of drug-likeness (QED) is 0.618. The molecule has 44 valence electrons. The molecule has 0 atom stereocenters. The number of hydrogen-bond acceptors (Lipinski definition) is 1. The molecule has 0 saturated heterocycles. The van der Waals surface area contributed by atoms with Gasteiger partial charge < -0.3 is 5.11 Å². The molecular weight excluding hydrogens is 210 g/mol. The third-order valence-corrected chi connectivity index (χ3v) is 0.756. The summed E-state index contributed by atoms with van der Waals surface area (Å²) in [6.45, 7) is 0. The van der Waals surface area contributed by atoms with E-state index in [0.29, 0.717) is 5.75 Å². The van der Waals surface area contributed by atoms with Gasteiger partial charge in [-0.05, 0) is 12.1 Å². The van der Waals surface area contributed by atoms with Crippen LogP contribution in [-0.4, -0.2) is 29.5 Å². The molecule has 1 nitrogen and oxygen atoms in total. The van der Waals surface area contributed by atoms with Crippen LogP contribution < -0.4 is 0 Å². The molecule has 0 unspecified atom stereocenters. The summed E-state index contributed by atoms with van der Waals surface area (Å²) in [5, 5.41) is 8.63. The second-order valence-electron chi connectivity index (χ2n) is 1.34. The van der Waals surface area contributed by atoms with Crippen LogP contribution in [0.3, 0.4) is 0 Å². The Morgan fingerprint density at radius 3 is 1.75 bits per heavy atom. The fraction of sp³-hybridized carbons (Fsp3) is 0. The van der Waals surface area contributed by atoms with Crippen LogP contribution in [0.5, 0.6) is 5.75 Å². The number of phenols is 1. The number of benzene rings is 1. The summed E-state index contributed by atoms with van der Waals surface area (Å²) in [5.41, 5.74) is 0. The molecule has 0 aliphatic rings. The van der Waals surface area contributed by atoms with Crippen molar-refractivity contribution in [2.45, 2.75) is 0 Å². The number of hydrogen-bond donors (Lipinski definition) is 1. The molecule has 0 saturated carbocycles. The molecule has 2 heteroatoms. The van der Waals surface area contributed by atoms with Crippen molar-refractivity contribution in [2.24, 2.45) is 0 Å². The van der Waals surface area contributed by atoms with Gasteiger partial charge in [-0.25, -0.2) is 0 Å². The Morgan fingerprint density at radius 2 is 1.50 bits per heavy atom. The van der Waals surface area contributed by atoms with Gasteiger partial charge in [0.2, 0.25) is 0 Å². The van der Waals surface area contributed by atoms with E-state index in [1.54, 1.807) is 24.3 Å². The Kier molecular flexibility index (Phi) is 3.72. The zero-order chi connectivity index (χ0) is 5.11. The molecule has 0 fully saturated rings. The third kappa shape index (κ3) is 2.22. The minimum atomic E-state index is 0. The number of para-hydroxylation sites is 1. The van der Waals surface area contributed by atoms with Crippen LogP contribution in [0, 0.1) is 0 Å². The Labute approximate surface area is 65.8 Å². The van der Waals surface area contributed by atoms with Gasteiger partial charge in [-0.15, -0.1) is 0 Å². The van der Waals surface area contributed by atoms with Crippen LogP contribution >= 0.6 is 0 Å². The van der Waals surface area contributed by atoms with Crippen molar-refractivity contribution in [3.05, 3.63) is 30.3 Å². The summed E-state index contributed by atoms with van der Waals surface area (Å²) < 4.78 is 0. The van der Waals surface area contributed by atoms with Gasteiger partial charge in [0.05, 0.1) is 0 Å². The SMILES string of the molecule is Oc1ccccc1.[SbH3]. The summed E-state index contributed by atoms with van der Waals surface area (Å²) in [6.07, 6.45) is 0. The molecule has 1 N–H and O–H groups in total. The van der Waals surface area contributed by atoms with Gasteiger partial charge in [0, 0.05) is 0 Å². The maximum absolute atomic E-state index is 8.63. The van der Waals surface area contributed by atoms with Crippen molar-refractivity contribution in [2.75, 3.05) is 0 Å². The average molecular weight is 219 g/mol. The van der Waals surface area contributed by atoms with Crippen LogP contribution in [-0.2, 0) is 0 Å². The maximum atomic E-state index is 8.63. The number of phenolic OH excluding ortho intramolecular Hbond substituents is 1. The van der Waals surface area contributed by atoms with E-state index in [1.165, 1.54) is 0 Å². The van der Waals surface area contributed by atoms with Gasteiger partial charge in [-0.1, -0.05) is 18.2 Å². The van der Waals surface area contributed by atoms with Gasteiger partial charge in [-0.3, -0.25) is 0 Å². The van der Waals surface area contributed by atoms with Crippen molar-refractivity contribution in [3.8, 4) is 5.75 Å². The molecule has 0 radical (unpaired) electrons.